The maximum atomic E-state index is 12.7. The molecule has 0 saturated heterocycles. The first-order chi connectivity index (χ1) is 10.9. The van der Waals surface area contributed by atoms with Gasteiger partial charge in [-0.3, -0.25) is 0 Å². The second kappa shape index (κ2) is 6.46. The van der Waals surface area contributed by atoms with Gasteiger partial charge < -0.3 is 9.47 Å². The Morgan fingerprint density at radius 1 is 1.17 bits per heavy atom. The van der Waals surface area contributed by atoms with Crippen LogP contribution in [0.3, 0.4) is 0 Å². The molecule has 2 aliphatic rings. The van der Waals surface area contributed by atoms with Crippen molar-refractivity contribution >= 4 is 6.08 Å². The highest BCUT2D eigenvalue weighted by molar-refractivity contribution is 5.62. The molecule has 2 aliphatic carbocycles. The molecule has 2 nitrogen and oxygen atoms in total. The van der Waals surface area contributed by atoms with Crippen molar-refractivity contribution in [3.8, 4) is 11.5 Å². The van der Waals surface area contributed by atoms with E-state index >= 15 is 0 Å². The summed E-state index contributed by atoms with van der Waals surface area (Å²) in [5, 5.41) is 0. The van der Waals surface area contributed by atoms with Crippen molar-refractivity contribution in [2.24, 2.45) is 11.8 Å². The van der Waals surface area contributed by atoms with Gasteiger partial charge in [0, 0.05) is 5.56 Å². The van der Waals surface area contributed by atoms with Gasteiger partial charge in [0.2, 0.25) is 0 Å². The van der Waals surface area contributed by atoms with Crippen LogP contribution in [0.5, 0.6) is 11.5 Å². The van der Waals surface area contributed by atoms with Gasteiger partial charge in [-0.1, -0.05) is 24.6 Å². The Morgan fingerprint density at radius 2 is 1.91 bits per heavy atom. The monoisotopic (exact) mass is 326 g/mol. The van der Waals surface area contributed by atoms with Gasteiger partial charge in [-0.25, -0.2) is 0 Å². The third-order valence-corrected chi connectivity index (χ3v) is 4.50. The van der Waals surface area contributed by atoms with Gasteiger partial charge in [-0.05, 0) is 56.1 Å². The first-order valence-electron chi connectivity index (χ1n) is 8.13. The van der Waals surface area contributed by atoms with Crippen LogP contribution in [0, 0.1) is 18.8 Å². The molecule has 0 unspecified atom stereocenters. The van der Waals surface area contributed by atoms with E-state index in [2.05, 4.69) is 10.8 Å². The normalized spacial score (nSPS) is 19.0. The zero-order valence-electron chi connectivity index (χ0n) is 13.2. The molecule has 0 aliphatic heterocycles. The lowest BCUT2D eigenvalue weighted by atomic mass is 9.86. The minimum absolute atomic E-state index is 0.176. The van der Waals surface area contributed by atoms with E-state index in [0.29, 0.717) is 24.0 Å². The van der Waals surface area contributed by atoms with Crippen LogP contribution in [-0.2, 0) is 0 Å². The summed E-state index contributed by atoms with van der Waals surface area (Å²) in [6, 6.07) is 3.38. The highest BCUT2D eigenvalue weighted by Crippen LogP contribution is 2.39. The number of halogens is 3. The molecule has 126 valence electrons. The van der Waals surface area contributed by atoms with Gasteiger partial charge in [0.15, 0.2) is 11.5 Å². The van der Waals surface area contributed by atoms with Gasteiger partial charge in [0.1, 0.15) is 0 Å². The third-order valence-electron chi connectivity index (χ3n) is 4.50. The second-order valence-corrected chi connectivity index (χ2v) is 6.46. The molecule has 0 radical (unpaired) electrons. The third kappa shape index (κ3) is 4.43. The Kier molecular flexibility index (Phi) is 4.55. The van der Waals surface area contributed by atoms with E-state index in [1.807, 2.05) is 6.08 Å². The lowest BCUT2D eigenvalue weighted by molar-refractivity contribution is -0.275. The Labute approximate surface area is 134 Å². The molecule has 5 heteroatoms. The van der Waals surface area contributed by atoms with Crippen molar-refractivity contribution in [3.05, 3.63) is 29.3 Å². The SMILES string of the molecule is Cc1c(/C=C/C2CC2)ccc(OCC2CCC2)c1OC(F)(F)F. The van der Waals surface area contributed by atoms with Crippen LogP contribution in [0.2, 0.25) is 0 Å². The molecule has 0 bridgehead atoms. The van der Waals surface area contributed by atoms with Crippen LogP contribution in [-0.4, -0.2) is 13.0 Å². The Morgan fingerprint density at radius 3 is 2.48 bits per heavy atom. The number of benzene rings is 1. The van der Waals surface area contributed by atoms with E-state index in [9.17, 15) is 13.2 Å². The average Bonchev–Trinajstić information content (AvgIpc) is 3.22. The van der Waals surface area contributed by atoms with Gasteiger partial charge in [-0.15, -0.1) is 13.2 Å². The van der Waals surface area contributed by atoms with Crippen LogP contribution in [0.25, 0.3) is 6.08 Å². The molecule has 3 rings (SSSR count). The molecule has 0 aromatic heterocycles. The van der Waals surface area contributed by atoms with Crippen molar-refractivity contribution < 1.29 is 22.6 Å². The minimum Gasteiger partial charge on any atom is -0.489 e. The molecule has 0 amide bonds. The number of rotatable bonds is 6. The van der Waals surface area contributed by atoms with Gasteiger partial charge in [-0.2, -0.15) is 0 Å². The van der Waals surface area contributed by atoms with E-state index < -0.39 is 6.36 Å². The summed E-state index contributed by atoms with van der Waals surface area (Å²) in [5.74, 6) is 0.976. The molecular weight excluding hydrogens is 305 g/mol. The van der Waals surface area contributed by atoms with Crippen molar-refractivity contribution in [2.45, 2.75) is 45.4 Å². The average molecular weight is 326 g/mol. The molecular formula is C18H21F3O2. The largest absolute Gasteiger partial charge is 0.573 e. The molecule has 2 saturated carbocycles. The quantitative estimate of drug-likeness (QED) is 0.687. The standard InChI is InChI=1S/C18H21F3O2/c1-12-15(8-7-13-5-6-13)9-10-16(17(12)23-18(19,20)21)22-11-14-3-2-4-14/h7-10,13-14H,2-6,11H2,1H3/b8-7+. The first-order valence-corrected chi connectivity index (χ1v) is 8.13. The van der Waals surface area contributed by atoms with E-state index in [-0.39, 0.29) is 11.5 Å². The Balaban J connectivity index is 1.82. The lowest BCUT2D eigenvalue weighted by Crippen LogP contribution is -2.21. The second-order valence-electron chi connectivity index (χ2n) is 6.46. The predicted octanol–water partition coefficient (Wildman–Crippen LogP) is 5.50. The van der Waals surface area contributed by atoms with E-state index in [0.717, 1.165) is 31.2 Å². The van der Waals surface area contributed by atoms with Crippen LogP contribution < -0.4 is 9.47 Å². The van der Waals surface area contributed by atoms with Crippen LogP contribution in [0.1, 0.15) is 43.2 Å². The topological polar surface area (TPSA) is 18.5 Å². The first kappa shape index (κ1) is 16.2. The Hall–Kier alpha value is -1.65. The minimum atomic E-state index is -4.72. The van der Waals surface area contributed by atoms with E-state index in [1.54, 1.807) is 19.1 Å². The molecule has 2 fully saturated rings. The fourth-order valence-electron chi connectivity index (χ4n) is 2.61. The number of ether oxygens (including phenoxy) is 2. The molecule has 0 heterocycles. The zero-order valence-corrected chi connectivity index (χ0v) is 13.2. The fraction of sp³-hybridized carbons (Fsp3) is 0.556. The molecule has 1 aromatic rings. The molecule has 0 N–H and O–H groups in total. The van der Waals surface area contributed by atoms with Crippen LogP contribution in [0.15, 0.2) is 18.2 Å². The lowest BCUT2D eigenvalue weighted by Gasteiger charge is -2.26. The number of alkyl halides is 3. The zero-order chi connectivity index (χ0) is 16.4. The molecule has 23 heavy (non-hydrogen) atoms. The molecule has 0 spiro atoms. The summed E-state index contributed by atoms with van der Waals surface area (Å²) in [4.78, 5) is 0. The van der Waals surface area contributed by atoms with E-state index in [1.165, 1.54) is 6.42 Å². The van der Waals surface area contributed by atoms with Crippen LogP contribution >= 0.6 is 0 Å². The summed E-state index contributed by atoms with van der Waals surface area (Å²) < 4.78 is 48.1. The predicted molar refractivity (Wildman–Crippen MR) is 82.5 cm³/mol. The van der Waals surface area contributed by atoms with Gasteiger partial charge >= 0.3 is 6.36 Å². The molecule has 1 aromatic carbocycles. The summed E-state index contributed by atoms with van der Waals surface area (Å²) >= 11 is 0. The molecule has 0 atom stereocenters. The smallest absolute Gasteiger partial charge is 0.489 e. The maximum Gasteiger partial charge on any atom is 0.573 e. The van der Waals surface area contributed by atoms with E-state index in [4.69, 9.17) is 4.74 Å². The number of allylic oxidation sites excluding steroid dienone is 1. The summed E-state index contributed by atoms with van der Waals surface area (Å²) in [5.41, 5.74) is 1.21. The summed E-state index contributed by atoms with van der Waals surface area (Å²) in [6.45, 7) is 2.09. The van der Waals surface area contributed by atoms with Crippen LogP contribution in [0.4, 0.5) is 13.2 Å². The highest BCUT2D eigenvalue weighted by atomic mass is 19.4. The summed E-state index contributed by atoms with van der Waals surface area (Å²) in [7, 11) is 0. The highest BCUT2D eigenvalue weighted by Gasteiger charge is 2.34. The van der Waals surface area contributed by atoms with Crippen molar-refractivity contribution in [1.82, 2.24) is 0 Å². The number of hydrogen-bond donors (Lipinski definition) is 0. The van der Waals surface area contributed by atoms with Gasteiger partial charge in [0.05, 0.1) is 6.61 Å². The maximum absolute atomic E-state index is 12.7. The Bertz CT molecular complexity index is 585. The van der Waals surface area contributed by atoms with Crippen molar-refractivity contribution in [2.75, 3.05) is 6.61 Å². The summed E-state index contributed by atoms with van der Waals surface area (Å²) in [6.07, 6.45) is 4.85. The number of hydrogen-bond acceptors (Lipinski definition) is 2. The van der Waals surface area contributed by atoms with Crippen molar-refractivity contribution in [1.29, 1.82) is 0 Å². The fourth-order valence-corrected chi connectivity index (χ4v) is 2.61. The van der Waals surface area contributed by atoms with Gasteiger partial charge in [0.25, 0.3) is 0 Å². The van der Waals surface area contributed by atoms with Crippen molar-refractivity contribution in [3.63, 3.8) is 0 Å².